The van der Waals surface area contributed by atoms with E-state index in [0.29, 0.717) is 22.4 Å². The largest absolute Gasteiger partial charge is 0.496 e. The van der Waals surface area contributed by atoms with Crippen molar-refractivity contribution in [2.75, 3.05) is 7.11 Å². The topological polar surface area (TPSA) is 72.5 Å². The van der Waals surface area contributed by atoms with Crippen molar-refractivity contribution in [3.63, 3.8) is 0 Å². The maximum absolute atomic E-state index is 12.2. The van der Waals surface area contributed by atoms with E-state index in [1.165, 1.54) is 13.2 Å². The van der Waals surface area contributed by atoms with Gasteiger partial charge in [-0.15, -0.1) is 0 Å². The number of rotatable bonds is 5. The van der Waals surface area contributed by atoms with Gasteiger partial charge in [0.25, 0.3) is 15.9 Å². The Labute approximate surface area is 149 Å². The summed E-state index contributed by atoms with van der Waals surface area (Å²) in [5.41, 5.74) is 1.57. The molecule has 0 aromatic heterocycles. The SMILES string of the molecule is COc1ccccc1/C=C/S(=O)(=O)NC(=O)c1ccc(Br)cc1C. The molecule has 0 fully saturated rings. The smallest absolute Gasteiger partial charge is 0.265 e. The van der Waals surface area contributed by atoms with Crippen LogP contribution >= 0.6 is 15.9 Å². The summed E-state index contributed by atoms with van der Waals surface area (Å²) in [5, 5.41) is 0.941. The summed E-state index contributed by atoms with van der Waals surface area (Å²) in [4.78, 5) is 12.2. The Morgan fingerprint density at radius 2 is 1.92 bits per heavy atom. The van der Waals surface area contributed by atoms with Crippen molar-refractivity contribution >= 4 is 37.9 Å². The number of para-hydroxylation sites is 1. The van der Waals surface area contributed by atoms with Crippen LogP contribution in [-0.2, 0) is 10.0 Å². The molecule has 0 saturated carbocycles. The highest BCUT2D eigenvalue weighted by atomic mass is 79.9. The van der Waals surface area contributed by atoms with Crippen LogP contribution in [0.3, 0.4) is 0 Å². The number of carbonyl (C=O) groups excluding carboxylic acids is 1. The Morgan fingerprint density at radius 3 is 2.58 bits per heavy atom. The molecule has 5 nitrogen and oxygen atoms in total. The zero-order chi connectivity index (χ0) is 17.7. The lowest BCUT2D eigenvalue weighted by Crippen LogP contribution is -2.29. The Bertz CT molecular complexity index is 891. The van der Waals surface area contributed by atoms with Gasteiger partial charge in [0.1, 0.15) is 5.75 Å². The number of ether oxygens (including phenoxy) is 1. The number of sulfonamides is 1. The number of carbonyl (C=O) groups is 1. The van der Waals surface area contributed by atoms with Crippen molar-refractivity contribution in [1.82, 2.24) is 4.72 Å². The molecule has 0 aliphatic carbocycles. The van der Waals surface area contributed by atoms with Crippen molar-refractivity contribution in [3.8, 4) is 5.75 Å². The first-order valence-electron chi connectivity index (χ1n) is 6.97. The molecule has 126 valence electrons. The van der Waals surface area contributed by atoms with E-state index in [2.05, 4.69) is 15.9 Å². The van der Waals surface area contributed by atoms with Gasteiger partial charge in [-0.05, 0) is 42.8 Å². The maximum atomic E-state index is 12.2. The minimum Gasteiger partial charge on any atom is -0.496 e. The van der Waals surface area contributed by atoms with Gasteiger partial charge < -0.3 is 4.74 Å². The maximum Gasteiger partial charge on any atom is 0.265 e. The molecule has 2 aromatic rings. The molecule has 2 rings (SSSR count). The van der Waals surface area contributed by atoms with E-state index in [9.17, 15) is 13.2 Å². The highest BCUT2D eigenvalue weighted by Gasteiger charge is 2.15. The molecule has 0 bridgehead atoms. The van der Waals surface area contributed by atoms with Gasteiger partial charge in [0.05, 0.1) is 12.5 Å². The van der Waals surface area contributed by atoms with Crippen molar-refractivity contribution in [1.29, 1.82) is 0 Å². The Hall–Kier alpha value is -2.12. The van der Waals surface area contributed by atoms with Crippen LogP contribution < -0.4 is 9.46 Å². The average molecular weight is 410 g/mol. The van der Waals surface area contributed by atoms with Crippen LogP contribution in [0.4, 0.5) is 0 Å². The quantitative estimate of drug-likeness (QED) is 0.819. The van der Waals surface area contributed by atoms with Crippen LogP contribution in [0.5, 0.6) is 5.75 Å². The van der Waals surface area contributed by atoms with Gasteiger partial charge in [0.2, 0.25) is 0 Å². The number of hydrogen-bond donors (Lipinski definition) is 1. The van der Waals surface area contributed by atoms with Crippen LogP contribution in [0.1, 0.15) is 21.5 Å². The van der Waals surface area contributed by atoms with Crippen molar-refractivity contribution in [2.24, 2.45) is 0 Å². The molecular weight excluding hydrogens is 394 g/mol. The van der Waals surface area contributed by atoms with E-state index in [1.54, 1.807) is 49.4 Å². The highest BCUT2D eigenvalue weighted by molar-refractivity contribution is 9.10. The number of aryl methyl sites for hydroxylation is 1. The standard InChI is InChI=1S/C17H16BrNO4S/c1-12-11-14(18)7-8-15(12)17(20)19-24(21,22)10-9-13-5-3-4-6-16(13)23-2/h3-11H,1-2H3,(H,19,20)/b10-9+. The fraction of sp³-hybridized carbons (Fsp3) is 0.118. The molecule has 1 N–H and O–H groups in total. The average Bonchev–Trinajstić information content (AvgIpc) is 2.52. The van der Waals surface area contributed by atoms with E-state index >= 15 is 0 Å². The van der Waals surface area contributed by atoms with Crippen molar-refractivity contribution < 1.29 is 17.9 Å². The third-order valence-corrected chi connectivity index (χ3v) is 4.69. The summed E-state index contributed by atoms with van der Waals surface area (Å²) in [6.45, 7) is 1.73. The highest BCUT2D eigenvalue weighted by Crippen LogP contribution is 2.19. The predicted octanol–water partition coefficient (Wildman–Crippen LogP) is 3.50. The molecule has 2 aromatic carbocycles. The molecule has 24 heavy (non-hydrogen) atoms. The molecule has 1 amide bonds. The Morgan fingerprint density at radius 1 is 1.21 bits per heavy atom. The van der Waals surface area contributed by atoms with E-state index in [-0.39, 0.29) is 0 Å². The van der Waals surface area contributed by atoms with Crippen LogP contribution in [0.2, 0.25) is 0 Å². The zero-order valence-electron chi connectivity index (χ0n) is 13.1. The number of hydrogen-bond acceptors (Lipinski definition) is 4. The minimum absolute atomic E-state index is 0.299. The molecule has 0 spiro atoms. The second-order valence-corrected chi connectivity index (χ2v) is 7.46. The number of nitrogens with one attached hydrogen (secondary N) is 1. The summed E-state index contributed by atoms with van der Waals surface area (Å²) < 4.78 is 32.2. The van der Waals surface area contributed by atoms with Gasteiger partial charge in [0.15, 0.2) is 0 Å². The monoisotopic (exact) mass is 409 g/mol. The first kappa shape index (κ1) is 18.2. The molecule has 0 heterocycles. The van der Waals surface area contributed by atoms with E-state index in [1.807, 2.05) is 4.72 Å². The van der Waals surface area contributed by atoms with Crippen LogP contribution in [0, 0.1) is 6.92 Å². The molecule has 0 unspecified atom stereocenters. The molecule has 0 radical (unpaired) electrons. The van der Waals surface area contributed by atoms with Gasteiger partial charge in [-0.1, -0.05) is 34.1 Å². The predicted molar refractivity (Wildman–Crippen MR) is 97.3 cm³/mol. The molecule has 7 heteroatoms. The summed E-state index contributed by atoms with van der Waals surface area (Å²) in [6.07, 6.45) is 1.38. The molecule has 0 atom stereocenters. The number of halogens is 1. The zero-order valence-corrected chi connectivity index (χ0v) is 15.5. The molecule has 0 aliphatic heterocycles. The number of benzene rings is 2. The second kappa shape index (κ2) is 7.63. The third-order valence-electron chi connectivity index (χ3n) is 3.23. The summed E-state index contributed by atoms with van der Waals surface area (Å²) >= 11 is 3.30. The van der Waals surface area contributed by atoms with Gasteiger partial charge >= 0.3 is 0 Å². The normalized spacial score (nSPS) is 11.5. The molecule has 0 saturated heterocycles. The minimum atomic E-state index is -3.93. The first-order chi connectivity index (χ1) is 11.3. The van der Waals surface area contributed by atoms with Gasteiger partial charge in [0, 0.05) is 15.6 Å². The third kappa shape index (κ3) is 4.69. The second-order valence-electron chi connectivity index (χ2n) is 4.98. The van der Waals surface area contributed by atoms with E-state index < -0.39 is 15.9 Å². The lowest BCUT2D eigenvalue weighted by molar-refractivity contribution is 0.0981. The van der Waals surface area contributed by atoms with Gasteiger partial charge in [-0.3, -0.25) is 4.79 Å². The van der Waals surface area contributed by atoms with Gasteiger partial charge in [-0.2, -0.15) is 0 Å². The molecular formula is C17H16BrNO4S. The number of amides is 1. The first-order valence-corrected chi connectivity index (χ1v) is 9.31. The van der Waals surface area contributed by atoms with Crippen LogP contribution in [-0.4, -0.2) is 21.4 Å². The van der Waals surface area contributed by atoms with E-state index in [0.717, 1.165) is 9.88 Å². The Balaban J connectivity index is 2.19. The summed E-state index contributed by atoms with van der Waals surface area (Å²) in [6, 6.07) is 12.0. The fourth-order valence-electron chi connectivity index (χ4n) is 2.07. The van der Waals surface area contributed by atoms with Crippen LogP contribution in [0.15, 0.2) is 52.3 Å². The van der Waals surface area contributed by atoms with Crippen molar-refractivity contribution in [3.05, 3.63) is 69.0 Å². The van der Waals surface area contributed by atoms with E-state index in [4.69, 9.17) is 4.74 Å². The summed E-state index contributed by atoms with van der Waals surface area (Å²) in [7, 11) is -2.43. The molecule has 0 aliphatic rings. The van der Waals surface area contributed by atoms with Crippen molar-refractivity contribution in [2.45, 2.75) is 6.92 Å². The Kier molecular flexibility index (Phi) is 5.80. The lowest BCUT2D eigenvalue weighted by atomic mass is 10.1. The summed E-state index contributed by atoms with van der Waals surface area (Å²) in [5.74, 6) is -0.135. The fourth-order valence-corrected chi connectivity index (χ4v) is 3.30. The lowest BCUT2D eigenvalue weighted by Gasteiger charge is -2.07. The number of methoxy groups -OCH3 is 1. The van der Waals surface area contributed by atoms with Crippen LogP contribution in [0.25, 0.3) is 6.08 Å². The van der Waals surface area contributed by atoms with Gasteiger partial charge in [-0.25, -0.2) is 13.1 Å².